The molecule has 7 atom stereocenters. The molecule has 0 aromatic carbocycles. The van der Waals surface area contributed by atoms with Gasteiger partial charge in [-0.15, -0.1) is 11.8 Å². The first-order chi connectivity index (χ1) is 20.2. The normalized spacial score (nSPS) is 24.4. The Morgan fingerprint density at radius 1 is 1.02 bits per heavy atom. The summed E-state index contributed by atoms with van der Waals surface area (Å²) in [5.74, 6) is -1.12. The molecule has 0 saturated carbocycles. The van der Waals surface area contributed by atoms with Gasteiger partial charge in [0, 0.05) is 26.7 Å². The first-order valence-corrected chi connectivity index (χ1v) is 16.1. The van der Waals surface area contributed by atoms with Crippen LogP contribution >= 0.6 is 35.7 Å². The third kappa shape index (κ3) is 13.7. The fraction of sp³-hybridized carbons (Fsp3) is 0.786. The summed E-state index contributed by atoms with van der Waals surface area (Å²) in [6.07, 6.45) is -2.63. The van der Waals surface area contributed by atoms with E-state index in [-0.39, 0.29) is 57.9 Å². The molecule has 0 radical (unpaired) electrons. The zero-order chi connectivity index (χ0) is 32.6. The molecular weight excluding hydrogens is 623 g/mol. The zero-order valence-corrected chi connectivity index (χ0v) is 28.2. The Labute approximate surface area is 267 Å². The van der Waals surface area contributed by atoms with Crippen LogP contribution in [0.25, 0.3) is 4.85 Å². The lowest BCUT2D eigenvalue weighted by Crippen LogP contribution is -2.56. The predicted octanol–water partition coefficient (Wildman–Crippen LogP) is 3.97. The van der Waals surface area contributed by atoms with Gasteiger partial charge in [0.2, 0.25) is 5.54 Å². The summed E-state index contributed by atoms with van der Waals surface area (Å²) in [5.41, 5.74) is -0.987. The van der Waals surface area contributed by atoms with Gasteiger partial charge >= 0.3 is 17.9 Å². The minimum Gasteiger partial charge on any atom is -0.468 e. The van der Waals surface area contributed by atoms with Crippen molar-refractivity contribution in [1.29, 1.82) is 0 Å². The minimum absolute atomic E-state index is 0.0509. The number of hydrogen-bond acceptors (Lipinski definition) is 14. The number of esters is 3. The van der Waals surface area contributed by atoms with Crippen molar-refractivity contribution in [1.82, 2.24) is 0 Å². The van der Waals surface area contributed by atoms with Gasteiger partial charge in [-0.2, -0.15) is 0 Å². The van der Waals surface area contributed by atoms with Crippen LogP contribution in [0, 0.1) is 12.5 Å². The summed E-state index contributed by atoms with van der Waals surface area (Å²) in [5, 5.41) is 0. The van der Waals surface area contributed by atoms with Gasteiger partial charge in [0.15, 0.2) is 12.4 Å². The smallest absolute Gasteiger partial charge is 0.322 e. The highest BCUT2D eigenvalue weighted by molar-refractivity contribution is 8.47. The molecule has 0 spiro atoms. The SMILES string of the molecule is [C-]#[N+]C(C)(CCOC=O)CC(C)(SC(=S)SCC)C(=O)OCCOCCO[C@@H]1O[C@H](C)[C@H](C)[C@H](OC(C)=O)[C@H]1OC(C)=O. The van der Waals surface area contributed by atoms with E-state index in [1.54, 1.807) is 13.8 Å². The highest BCUT2D eigenvalue weighted by Crippen LogP contribution is 2.41. The number of rotatable bonds is 18. The molecule has 1 aliphatic rings. The quantitative estimate of drug-likeness (QED) is 0.0521. The van der Waals surface area contributed by atoms with E-state index < -0.39 is 46.7 Å². The van der Waals surface area contributed by atoms with Crippen LogP contribution in [0.15, 0.2) is 0 Å². The highest BCUT2D eigenvalue weighted by Gasteiger charge is 2.48. The third-order valence-electron chi connectivity index (χ3n) is 6.59. The number of ether oxygens (including phenoxy) is 7. The first kappa shape index (κ1) is 39.1. The maximum absolute atomic E-state index is 13.2. The van der Waals surface area contributed by atoms with E-state index in [0.717, 1.165) is 5.75 Å². The average molecular weight is 666 g/mol. The number of nitrogens with zero attached hydrogens (tertiary/aromatic N) is 1. The van der Waals surface area contributed by atoms with Crippen molar-refractivity contribution in [3.63, 3.8) is 0 Å². The molecule has 0 bridgehead atoms. The van der Waals surface area contributed by atoms with Crippen molar-refractivity contribution in [3.8, 4) is 0 Å². The van der Waals surface area contributed by atoms with Crippen molar-refractivity contribution in [3.05, 3.63) is 11.4 Å². The molecule has 15 heteroatoms. The number of hydrogen-bond donors (Lipinski definition) is 0. The van der Waals surface area contributed by atoms with E-state index in [0.29, 0.717) is 10.0 Å². The lowest BCUT2D eigenvalue weighted by molar-refractivity contribution is -0.288. The Hall–Kier alpha value is -1.96. The Morgan fingerprint density at radius 2 is 1.65 bits per heavy atom. The van der Waals surface area contributed by atoms with Crippen LogP contribution in [0.4, 0.5) is 0 Å². The fourth-order valence-electron chi connectivity index (χ4n) is 4.34. The Balaban J connectivity index is 2.70. The zero-order valence-electron chi connectivity index (χ0n) is 25.8. The van der Waals surface area contributed by atoms with Crippen LogP contribution in [0.5, 0.6) is 0 Å². The molecule has 2 unspecified atom stereocenters. The minimum atomic E-state index is -1.15. The molecule has 1 heterocycles. The molecule has 0 N–H and O–H groups in total. The standard InChI is InChI=1S/C28H43NO11S3/c1-9-42-26(41)43-28(7,16-27(6,29-8)10-11-35-17-30)25(33)37-15-13-34-12-14-36-24-23(40-21(5)32)22(39-20(4)31)18(2)19(3)38-24/h17-19,22-24H,9-16H2,1-7H3/t18-,19+,22-,23+,24+,27?,28?/m0/s1. The third-order valence-corrected chi connectivity index (χ3v) is 9.25. The van der Waals surface area contributed by atoms with Crippen molar-refractivity contribution in [2.75, 3.05) is 38.8 Å². The lowest BCUT2D eigenvalue weighted by Gasteiger charge is -2.43. The topological polar surface area (TPSA) is 137 Å². The fourth-order valence-corrected chi connectivity index (χ4v) is 7.51. The Bertz CT molecular complexity index is 993. The van der Waals surface area contributed by atoms with E-state index >= 15 is 0 Å². The van der Waals surface area contributed by atoms with Crippen molar-refractivity contribution >= 4 is 63.7 Å². The predicted molar refractivity (Wildman–Crippen MR) is 165 cm³/mol. The lowest BCUT2D eigenvalue weighted by atomic mass is 9.87. The van der Waals surface area contributed by atoms with Crippen LogP contribution in [-0.4, -0.2) is 102 Å². The second kappa shape index (κ2) is 19.4. The molecule has 1 saturated heterocycles. The molecule has 0 amide bonds. The molecule has 0 aliphatic carbocycles. The number of carbonyl (C=O) groups is 4. The largest absolute Gasteiger partial charge is 0.468 e. The number of thiocarbonyl (C=S) groups is 1. The van der Waals surface area contributed by atoms with Gasteiger partial charge in [0.1, 0.15) is 21.0 Å². The molecular formula is C28H43NO11S3. The van der Waals surface area contributed by atoms with Crippen LogP contribution < -0.4 is 0 Å². The molecule has 12 nitrogen and oxygen atoms in total. The molecule has 1 fully saturated rings. The summed E-state index contributed by atoms with van der Waals surface area (Å²) in [6, 6.07) is 0. The van der Waals surface area contributed by atoms with Gasteiger partial charge in [-0.1, -0.05) is 37.8 Å². The molecule has 0 aromatic heterocycles. The van der Waals surface area contributed by atoms with Crippen LogP contribution in [0.1, 0.15) is 61.3 Å². The number of thioether (sulfide) groups is 2. The van der Waals surface area contributed by atoms with Crippen molar-refractivity contribution in [2.45, 2.75) is 96.2 Å². The summed E-state index contributed by atoms with van der Waals surface area (Å²) >= 11 is 8.04. The van der Waals surface area contributed by atoms with Crippen molar-refractivity contribution in [2.24, 2.45) is 5.92 Å². The molecule has 1 aliphatic heterocycles. The Morgan fingerprint density at radius 3 is 2.23 bits per heavy atom. The van der Waals surface area contributed by atoms with E-state index in [2.05, 4.69) is 4.85 Å². The van der Waals surface area contributed by atoms with Crippen molar-refractivity contribution < 1.29 is 52.3 Å². The molecule has 43 heavy (non-hydrogen) atoms. The van der Waals surface area contributed by atoms with Gasteiger partial charge < -0.3 is 38.0 Å². The Kier molecular flexibility index (Phi) is 17.7. The van der Waals surface area contributed by atoms with E-state index in [9.17, 15) is 19.2 Å². The molecule has 0 aromatic rings. The average Bonchev–Trinajstić information content (AvgIpc) is 2.92. The summed E-state index contributed by atoms with van der Waals surface area (Å²) < 4.78 is 37.7. The maximum Gasteiger partial charge on any atom is 0.322 e. The molecule has 244 valence electrons. The summed E-state index contributed by atoms with van der Waals surface area (Å²) in [6.45, 7) is 19.8. The van der Waals surface area contributed by atoms with Gasteiger partial charge in [-0.3, -0.25) is 19.2 Å². The maximum atomic E-state index is 13.2. The van der Waals surface area contributed by atoms with E-state index in [1.165, 1.54) is 37.4 Å². The van der Waals surface area contributed by atoms with Gasteiger partial charge in [-0.25, -0.2) is 6.57 Å². The van der Waals surface area contributed by atoms with E-state index in [4.69, 9.17) is 51.9 Å². The van der Waals surface area contributed by atoms with Crippen LogP contribution in [0.2, 0.25) is 0 Å². The van der Waals surface area contributed by atoms with Gasteiger partial charge in [0.25, 0.3) is 6.47 Å². The number of carbonyl (C=O) groups excluding carboxylic acids is 4. The summed E-state index contributed by atoms with van der Waals surface area (Å²) in [7, 11) is 0. The summed E-state index contributed by atoms with van der Waals surface area (Å²) in [4.78, 5) is 50.9. The monoisotopic (exact) mass is 665 g/mol. The second-order valence-corrected chi connectivity index (χ2v) is 14.3. The highest BCUT2D eigenvalue weighted by atomic mass is 32.2. The van der Waals surface area contributed by atoms with Gasteiger partial charge in [-0.05, 0) is 19.6 Å². The van der Waals surface area contributed by atoms with Crippen LogP contribution in [0.3, 0.4) is 0 Å². The molecule has 1 rings (SSSR count). The van der Waals surface area contributed by atoms with Crippen LogP contribution in [-0.2, 0) is 52.3 Å². The van der Waals surface area contributed by atoms with E-state index in [1.807, 2.05) is 20.8 Å². The second-order valence-electron chi connectivity index (χ2n) is 10.4. The first-order valence-electron chi connectivity index (χ1n) is 13.9. The van der Waals surface area contributed by atoms with Gasteiger partial charge in [0.05, 0.1) is 45.4 Å².